The van der Waals surface area contributed by atoms with Gasteiger partial charge in [0.05, 0.1) is 11.8 Å². The molecule has 0 unspecified atom stereocenters. The van der Waals surface area contributed by atoms with Crippen molar-refractivity contribution < 1.29 is 4.74 Å². The van der Waals surface area contributed by atoms with E-state index in [-0.39, 0.29) is 0 Å². The SMILES string of the molecule is CN(C)c1nccc(CN[C@H]2CCO[C@H](C3CC3)C2)n1. The molecule has 1 aliphatic carbocycles. The highest BCUT2D eigenvalue weighted by Gasteiger charge is 2.35. The minimum absolute atomic E-state index is 0.490. The molecular formula is C15H24N4O. The molecule has 0 aromatic carbocycles. The van der Waals surface area contributed by atoms with Crippen LogP contribution in [-0.4, -0.2) is 42.8 Å². The predicted molar refractivity (Wildman–Crippen MR) is 78.7 cm³/mol. The van der Waals surface area contributed by atoms with Crippen LogP contribution in [0.2, 0.25) is 0 Å². The highest BCUT2D eigenvalue weighted by molar-refractivity contribution is 5.27. The lowest BCUT2D eigenvalue weighted by Crippen LogP contribution is -2.39. The molecule has 1 aliphatic heterocycles. The van der Waals surface area contributed by atoms with Crippen molar-refractivity contribution in [3.05, 3.63) is 18.0 Å². The van der Waals surface area contributed by atoms with Gasteiger partial charge in [-0.15, -0.1) is 0 Å². The van der Waals surface area contributed by atoms with Crippen molar-refractivity contribution >= 4 is 5.95 Å². The van der Waals surface area contributed by atoms with Crippen LogP contribution in [0.25, 0.3) is 0 Å². The van der Waals surface area contributed by atoms with Crippen molar-refractivity contribution in [2.75, 3.05) is 25.6 Å². The maximum absolute atomic E-state index is 5.86. The summed E-state index contributed by atoms with van der Waals surface area (Å²) in [5.41, 5.74) is 1.05. The number of ether oxygens (including phenoxy) is 1. The zero-order valence-corrected chi connectivity index (χ0v) is 12.4. The van der Waals surface area contributed by atoms with Crippen molar-refractivity contribution in [3.8, 4) is 0 Å². The fourth-order valence-corrected chi connectivity index (χ4v) is 2.76. The Labute approximate surface area is 120 Å². The van der Waals surface area contributed by atoms with Crippen LogP contribution in [0.15, 0.2) is 12.3 Å². The van der Waals surface area contributed by atoms with Crippen molar-refractivity contribution in [2.24, 2.45) is 5.92 Å². The van der Waals surface area contributed by atoms with Gasteiger partial charge in [-0.3, -0.25) is 0 Å². The van der Waals surface area contributed by atoms with Gasteiger partial charge in [0.15, 0.2) is 0 Å². The van der Waals surface area contributed by atoms with Crippen LogP contribution >= 0.6 is 0 Å². The molecule has 3 rings (SSSR count). The lowest BCUT2D eigenvalue weighted by molar-refractivity contribution is -0.0113. The van der Waals surface area contributed by atoms with Gasteiger partial charge in [-0.1, -0.05) is 0 Å². The first-order valence-corrected chi connectivity index (χ1v) is 7.56. The summed E-state index contributed by atoms with van der Waals surface area (Å²) in [6.45, 7) is 1.71. The highest BCUT2D eigenvalue weighted by Crippen LogP contribution is 2.38. The first kappa shape index (κ1) is 13.8. The van der Waals surface area contributed by atoms with Crippen LogP contribution in [0.5, 0.6) is 0 Å². The lowest BCUT2D eigenvalue weighted by atomic mass is 10.00. The number of hydrogen-bond acceptors (Lipinski definition) is 5. The Bertz CT molecular complexity index is 447. The van der Waals surface area contributed by atoms with E-state index in [1.807, 2.05) is 31.3 Å². The van der Waals surface area contributed by atoms with Crippen molar-refractivity contribution in [1.29, 1.82) is 0 Å². The van der Waals surface area contributed by atoms with E-state index in [4.69, 9.17) is 4.74 Å². The summed E-state index contributed by atoms with van der Waals surface area (Å²) in [6, 6.07) is 2.55. The van der Waals surface area contributed by atoms with E-state index in [9.17, 15) is 0 Å². The third kappa shape index (κ3) is 3.46. The fraction of sp³-hybridized carbons (Fsp3) is 0.733. The Morgan fingerprint density at radius 1 is 1.35 bits per heavy atom. The molecule has 2 aliphatic rings. The molecule has 2 atom stereocenters. The number of aromatic nitrogens is 2. The molecule has 110 valence electrons. The number of nitrogens with zero attached hydrogens (tertiary/aromatic N) is 3. The monoisotopic (exact) mass is 276 g/mol. The fourth-order valence-electron chi connectivity index (χ4n) is 2.76. The van der Waals surface area contributed by atoms with Crippen LogP contribution in [0.1, 0.15) is 31.4 Å². The summed E-state index contributed by atoms with van der Waals surface area (Å²) in [7, 11) is 3.93. The minimum atomic E-state index is 0.490. The molecule has 1 aromatic rings. The highest BCUT2D eigenvalue weighted by atomic mass is 16.5. The molecule has 1 saturated carbocycles. The summed E-state index contributed by atoms with van der Waals surface area (Å²) in [4.78, 5) is 10.7. The van der Waals surface area contributed by atoms with E-state index >= 15 is 0 Å². The van der Waals surface area contributed by atoms with Crippen molar-refractivity contribution in [3.63, 3.8) is 0 Å². The molecule has 0 spiro atoms. The van der Waals surface area contributed by atoms with Gasteiger partial charge >= 0.3 is 0 Å². The van der Waals surface area contributed by atoms with Crippen molar-refractivity contribution in [2.45, 2.75) is 44.4 Å². The Balaban J connectivity index is 1.52. The lowest BCUT2D eigenvalue weighted by Gasteiger charge is -2.30. The van der Waals surface area contributed by atoms with Gasteiger partial charge in [0.25, 0.3) is 0 Å². The second-order valence-electron chi connectivity index (χ2n) is 6.09. The predicted octanol–water partition coefficient (Wildman–Crippen LogP) is 1.59. The van der Waals surface area contributed by atoms with E-state index in [1.165, 1.54) is 12.8 Å². The zero-order chi connectivity index (χ0) is 13.9. The van der Waals surface area contributed by atoms with Crippen LogP contribution in [0.4, 0.5) is 5.95 Å². The quantitative estimate of drug-likeness (QED) is 0.885. The average Bonchev–Trinajstić information content (AvgIpc) is 3.30. The van der Waals surface area contributed by atoms with E-state index in [0.29, 0.717) is 12.1 Å². The Morgan fingerprint density at radius 3 is 2.95 bits per heavy atom. The van der Waals surface area contributed by atoms with Crippen LogP contribution < -0.4 is 10.2 Å². The first-order chi connectivity index (χ1) is 9.72. The molecule has 0 bridgehead atoms. The van der Waals surface area contributed by atoms with E-state index in [0.717, 1.165) is 43.6 Å². The van der Waals surface area contributed by atoms with E-state index in [2.05, 4.69) is 15.3 Å². The number of anilines is 1. The second kappa shape index (κ2) is 6.06. The summed E-state index contributed by atoms with van der Waals surface area (Å²) in [5, 5.41) is 3.63. The summed E-state index contributed by atoms with van der Waals surface area (Å²) in [5.74, 6) is 1.60. The molecule has 20 heavy (non-hydrogen) atoms. The number of rotatable bonds is 5. The largest absolute Gasteiger partial charge is 0.378 e. The normalized spacial score (nSPS) is 26.5. The summed E-state index contributed by atoms with van der Waals surface area (Å²) in [6.07, 6.45) is 7.29. The third-order valence-electron chi connectivity index (χ3n) is 4.14. The van der Waals surface area contributed by atoms with Gasteiger partial charge in [-0.25, -0.2) is 9.97 Å². The first-order valence-electron chi connectivity index (χ1n) is 7.56. The maximum Gasteiger partial charge on any atom is 0.225 e. The molecule has 0 radical (unpaired) electrons. The molecular weight excluding hydrogens is 252 g/mol. The van der Waals surface area contributed by atoms with Crippen LogP contribution in [-0.2, 0) is 11.3 Å². The third-order valence-corrected chi connectivity index (χ3v) is 4.14. The molecule has 0 amide bonds. The maximum atomic E-state index is 5.86. The van der Waals surface area contributed by atoms with Gasteiger partial charge in [-0.2, -0.15) is 0 Å². The topological polar surface area (TPSA) is 50.3 Å². The zero-order valence-electron chi connectivity index (χ0n) is 12.4. The Morgan fingerprint density at radius 2 is 2.20 bits per heavy atom. The Kier molecular flexibility index (Phi) is 4.17. The minimum Gasteiger partial charge on any atom is -0.378 e. The standard InChI is InChI=1S/C15H24N4O/c1-19(2)15-16-7-5-13(18-15)10-17-12-6-8-20-14(9-12)11-3-4-11/h5,7,11-12,14,17H,3-4,6,8-10H2,1-2H3/t12-,14-/m0/s1. The van der Waals surface area contributed by atoms with E-state index < -0.39 is 0 Å². The van der Waals surface area contributed by atoms with Gasteiger partial charge in [0.2, 0.25) is 5.95 Å². The van der Waals surface area contributed by atoms with Gasteiger partial charge in [-0.05, 0) is 37.7 Å². The van der Waals surface area contributed by atoms with Crippen LogP contribution in [0, 0.1) is 5.92 Å². The Hall–Kier alpha value is -1.20. The molecule has 5 heteroatoms. The van der Waals surface area contributed by atoms with Crippen LogP contribution in [0.3, 0.4) is 0 Å². The molecule has 2 fully saturated rings. The molecule has 5 nitrogen and oxygen atoms in total. The van der Waals surface area contributed by atoms with Gasteiger partial charge < -0.3 is 15.0 Å². The molecule has 1 aromatic heterocycles. The second-order valence-corrected chi connectivity index (χ2v) is 6.09. The van der Waals surface area contributed by atoms with E-state index in [1.54, 1.807) is 0 Å². The smallest absolute Gasteiger partial charge is 0.225 e. The molecule has 2 heterocycles. The summed E-state index contributed by atoms with van der Waals surface area (Å²) >= 11 is 0. The van der Waals surface area contributed by atoms with Gasteiger partial charge in [0.1, 0.15) is 0 Å². The average molecular weight is 276 g/mol. The summed E-state index contributed by atoms with van der Waals surface area (Å²) < 4.78 is 5.86. The number of hydrogen-bond donors (Lipinski definition) is 1. The molecule has 1 N–H and O–H groups in total. The number of nitrogens with one attached hydrogen (secondary N) is 1. The van der Waals surface area contributed by atoms with Crippen molar-refractivity contribution in [1.82, 2.24) is 15.3 Å². The van der Waals surface area contributed by atoms with Gasteiger partial charge in [0, 0.05) is 39.5 Å². The molecule has 1 saturated heterocycles.